The monoisotopic (exact) mass is 517 g/mol. The van der Waals surface area contributed by atoms with Gasteiger partial charge in [-0.05, 0) is 43.2 Å². The second-order valence-electron chi connectivity index (χ2n) is 9.64. The molecule has 0 aliphatic carbocycles. The number of nitrogens with one attached hydrogen (secondary N) is 1. The molecular weight excluding hydrogens is 485 g/mol. The SMILES string of the molecule is Cc1ccc(C(=O)CCC(=O)NC[C@H]2CN(c3ccc(N(C)Cc4ccccc4)c(F)c3)C(=O)O2)c(C)c1. The van der Waals surface area contributed by atoms with Gasteiger partial charge in [0.1, 0.15) is 11.9 Å². The summed E-state index contributed by atoms with van der Waals surface area (Å²) in [7, 11) is 1.81. The minimum Gasteiger partial charge on any atom is -0.442 e. The van der Waals surface area contributed by atoms with Crippen molar-refractivity contribution >= 4 is 29.2 Å². The smallest absolute Gasteiger partial charge is 0.414 e. The number of hydrogen-bond donors (Lipinski definition) is 1. The van der Waals surface area contributed by atoms with Gasteiger partial charge in [0.15, 0.2) is 5.78 Å². The van der Waals surface area contributed by atoms with Gasteiger partial charge in [-0.25, -0.2) is 9.18 Å². The lowest BCUT2D eigenvalue weighted by molar-refractivity contribution is -0.121. The highest BCUT2D eigenvalue weighted by Crippen LogP contribution is 2.28. The van der Waals surface area contributed by atoms with Gasteiger partial charge in [0.25, 0.3) is 0 Å². The summed E-state index contributed by atoms with van der Waals surface area (Å²) in [4.78, 5) is 40.4. The molecule has 8 heteroatoms. The Morgan fingerprint density at radius 3 is 2.53 bits per heavy atom. The largest absolute Gasteiger partial charge is 0.442 e. The van der Waals surface area contributed by atoms with Gasteiger partial charge < -0.3 is 15.0 Å². The predicted molar refractivity (Wildman–Crippen MR) is 145 cm³/mol. The van der Waals surface area contributed by atoms with Crippen LogP contribution < -0.4 is 15.1 Å². The Balaban J connectivity index is 1.27. The Morgan fingerprint density at radius 2 is 1.82 bits per heavy atom. The van der Waals surface area contributed by atoms with Gasteiger partial charge in [-0.3, -0.25) is 14.5 Å². The zero-order chi connectivity index (χ0) is 27.2. The van der Waals surface area contributed by atoms with Crippen molar-refractivity contribution in [1.82, 2.24) is 5.32 Å². The van der Waals surface area contributed by atoms with Crippen LogP contribution in [0.25, 0.3) is 0 Å². The molecule has 0 bridgehead atoms. The number of Topliss-reactive ketones (excluding diaryl/α,β-unsaturated/α-hetero) is 1. The van der Waals surface area contributed by atoms with Crippen LogP contribution in [0.3, 0.4) is 0 Å². The molecule has 1 aliphatic rings. The fourth-order valence-corrected chi connectivity index (χ4v) is 4.56. The number of anilines is 2. The van der Waals surface area contributed by atoms with Gasteiger partial charge in [-0.15, -0.1) is 0 Å². The number of rotatable bonds is 10. The zero-order valence-electron chi connectivity index (χ0n) is 21.9. The summed E-state index contributed by atoms with van der Waals surface area (Å²) in [5, 5.41) is 2.73. The van der Waals surface area contributed by atoms with E-state index in [4.69, 9.17) is 4.74 Å². The van der Waals surface area contributed by atoms with Crippen molar-refractivity contribution < 1.29 is 23.5 Å². The first-order chi connectivity index (χ1) is 18.2. The molecule has 0 radical (unpaired) electrons. The van der Waals surface area contributed by atoms with E-state index < -0.39 is 18.0 Å². The maximum absolute atomic E-state index is 14.9. The number of halogens is 1. The summed E-state index contributed by atoms with van der Waals surface area (Å²) < 4.78 is 20.3. The number of nitrogens with zero attached hydrogens (tertiary/aromatic N) is 2. The Bertz CT molecular complexity index is 1330. The maximum atomic E-state index is 14.9. The molecule has 1 aliphatic heterocycles. The van der Waals surface area contributed by atoms with Crippen molar-refractivity contribution in [2.24, 2.45) is 0 Å². The second kappa shape index (κ2) is 11.9. The van der Waals surface area contributed by atoms with Crippen LogP contribution in [0.15, 0.2) is 66.7 Å². The van der Waals surface area contributed by atoms with Crippen molar-refractivity contribution in [3.05, 3.63) is 94.8 Å². The molecule has 38 heavy (non-hydrogen) atoms. The lowest BCUT2D eigenvalue weighted by Crippen LogP contribution is -2.34. The Labute approximate surface area is 222 Å². The summed E-state index contributed by atoms with van der Waals surface area (Å²) in [6.45, 7) is 4.67. The highest BCUT2D eigenvalue weighted by atomic mass is 19.1. The molecule has 1 N–H and O–H groups in total. The molecule has 198 valence electrons. The molecule has 3 aromatic rings. The molecule has 1 fully saturated rings. The fraction of sp³-hybridized carbons (Fsp3) is 0.300. The van der Waals surface area contributed by atoms with Crippen molar-refractivity contribution in [2.45, 2.75) is 39.3 Å². The molecule has 0 spiro atoms. The molecule has 0 unspecified atom stereocenters. The molecule has 1 atom stereocenters. The quantitative estimate of drug-likeness (QED) is 0.375. The number of hydrogen-bond acceptors (Lipinski definition) is 5. The topological polar surface area (TPSA) is 79.0 Å². The van der Waals surface area contributed by atoms with E-state index in [2.05, 4.69) is 5.32 Å². The molecule has 2 amide bonds. The van der Waals surface area contributed by atoms with Gasteiger partial charge >= 0.3 is 6.09 Å². The molecule has 0 aromatic heterocycles. The van der Waals surface area contributed by atoms with Crippen LogP contribution in [0.5, 0.6) is 0 Å². The third-order valence-corrected chi connectivity index (χ3v) is 6.58. The standard InChI is InChI=1S/C30H32FN3O4/c1-20-9-11-25(21(2)15-20)28(35)13-14-29(36)32-17-24-19-34(30(37)38-24)23-10-12-27(26(31)16-23)33(3)18-22-7-5-4-6-8-22/h4-12,15-16,24H,13-14,17-19H2,1-3H3,(H,32,36)/t24-/m0/s1. The average molecular weight is 518 g/mol. The van der Waals surface area contributed by atoms with Crippen LogP contribution in [0.2, 0.25) is 0 Å². The van der Waals surface area contributed by atoms with Crippen molar-refractivity contribution in [1.29, 1.82) is 0 Å². The number of benzene rings is 3. The summed E-state index contributed by atoms with van der Waals surface area (Å²) >= 11 is 0. The predicted octanol–water partition coefficient (Wildman–Crippen LogP) is 5.18. The number of amides is 2. The van der Waals surface area contributed by atoms with E-state index in [0.717, 1.165) is 16.7 Å². The van der Waals surface area contributed by atoms with Gasteiger partial charge in [-0.1, -0.05) is 54.1 Å². The zero-order valence-corrected chi connectivity index (χ0v) is 21.9. The summed E-state index contributed by atoms with van der Waals surface area (Å²) in [5.74, 6) is -0.829. The second-order valence-corrected chi connectivity index (χ2v) is 9.64. The van der Waals surface area contributed by atoms with E-state index in [9.17, 15) is 18.8 Å². The lowest BCUT2D eigenvalue weighted by Gasteiger charge is -2.21. The van der Waals surface area contributed by atoms with Crippen LogP contribution in [0.1, 0.15) is 39.9 Å². The number of cyclic esters (lactones) is 1. The minimum absolute atomic E-state index is 0.0414. The maximum Gasteiger partial charge on any atom is 0.414 e. The molecule has 1 heterocycles. The first kappa shape index (κ1) is 26.9. The third-order valence-electron chi connectivity index (χ3n) is 6.58. The molecule has 7 nitrogen and oxygen atoms in total. The number of ether oxygens (including phenoxy) is 1. The summed E-state index contributed by atoms with van der Waals surface area (Å²) in [6, 6.07) is 20.0. The van der Waals surface area contributed by atoms with Crippen molar-refractivity contribution in [3.8, 4) is 0 Å². The number of carbonyl (C=O) groups excluding carboxylic acids is 3. The fourth-order valence-electron chi connectivity index (χ4n) is 4.56. The van der Waals surface area contributed by atoms with Crippen LogP contribution in [-0.4, -0.2) is 44.0 Å². The lowest BCUT2D eigenvalue weighted by atomic mass is 9.99. The molecule has 0 saturated carbocycles. The van der Waals surface area contributed by atoms with Crippen LogP contribution in [0, 0.1) is 19.7 Å². The Morgan fingerprint density at radius 1 is 1.05 bits per heavy atom. The third kappa shape index (κ3) is 6.56. The summed E-state index contributed by atoms with van der Waals surface area (Å²) in [5.41, 5.74) is 4.45. The highest BCUT2D eigenvalue weighted by molar-refractivity contribution is 5.99. The average Bonchev–Trinajstić information content (AvgIpc) is 3.26. The van der Waals surface area contributed by atoms with Crippen LogP contribution in [0.4, 0.5) is 20.6 Å². The van der Waals surface area contributed by atoms with Gasteiger partial charge in [0, 0.05) is 32.0 Å². The molecule has 4 rings (SSSR count). The normalized spacial score (nSPS) is 14.8. The highest BCUT2D eigenvalue weighted by Gasteiger charge is 2.33. The first-order valence-corrected chi connectivity index (χ1v) is 12.6. The van der Waals surface area contributed by atoms with E-state index >= 15 is 0 Å². The van der Waals surface area contributed by atoms with Crippen molar-refractivity contribution in [3.63, 3.8) is 0 Å². The van der Waals surface area contributed by atoms with Crippen LogP contribution >= 0.6 is 0 Å². The Hall–Kier alpha value is -4.20. The van der Waals surface area contributed by atoms with E-state index in [0.29, 0.717) is 23.5 Å². The van der Waals surface area contributed by atoms with Crippen LogP contribution in [-0.2, 0) is 16.1 Å². The molecule has 3 aromatic carbocycles. The van der Waals surface area contributed by atoms with Gasteiger partial charge in [0.2, 0.25) is 5.91 Å². The molecular formula is C30H32FN3O4. The van der Waals surface area contributed by atoms with E-state index in [1.165, 1.54) is 11.0 Å². The summed E-state index contributed by atoms with van der Waals surface area (Å²) in [6.07, 6.45) is -1.04. The van der Waals surface area contributed by atoms with E-state index in [1.54, 1.807) is 23.1 Å². The number of ketones is 1. The minimum atomic E-state index is -0.598. The van der Waals surface area contributed by atoms with Gasteiger partial charge in [0.05, 0.1) is 24.5 Å². The molecule has 1 saturated heterocycles. The Kier molecular flexibility index (Phi) is 8.41. The van der Waals surface area contributed by atoms with E-state index in [1.807, 2.05) is 63.4 Å². The number of aryl methyl sites for hydroxylation is 2. The van der Waals surface area contributed by atoms with E-state index in [-0.39, 0.29) is 37.6 Å². The van der Waals surface area contributed by atoms with Crippen molar-refractivity contribution in [2.75, 3.05) is 29.9 Å². The van der Waals surface area contributed by atoms with Gasteiger partial charge in [-0.2, -0.15) is 0 Å². The number of carbonyl (C=O) groups is 3. The first-order valence-electron chi connectivity index (χ1n) is 12.6.